The topological polar surface area (TPSA) is 200 Å². The molecule has 2 rings (SSSR count). The number of hydrogen-bond acceptors (Lipinski definition) is 9. The van der Waals surface area contributed by atoms with Crippen molar-refractivity contribution in [3.05, 3.63) is 30.3 Å². The van der Waals surface area contributed by atoms with Crippen molar-refractivity contribution in [2.75, 3.05) is 0 Å². The first kappa shape index (κ1) is 12.0. The highest BCUT2D eigenvalue weighted by atomic mass is 16.6. The van der Waals surface area contributed by atoms with Gasteiger partial charge < -0.3 is 30.3 Å². The first-order chi connectivity index (χ1) is 8.91. The Hall–Kier alpha value is -3.45. The van der Waals surface area contributed by atoms with Gasteiger partial charge in [0, 0.05) is 4.98 Å². The Kier molecular flexibility index (Phi) is 2.59. The number of nitrogens with one attached hydrogen (secondary N) is 2. The Morgan fingerprint density at radius 1 is 0.895 bits per heavy atom. The maximum atomic E-state index is 10.6. The number of aromatic amines is 2. The van der Waals surface area contributed by atoms with Crippen LogP contribution in [0.1, 0.15) is 0 Å². The van der Waals surface area contributed by atoms with Gasteiger partial charge in [-0.3, -0.25) is 0 Å². The van der Waals surface area contributed by atoms with Crippen molar-refractivity contribution in [1.82, 2.24) is 25.4 Å². The zero-order chi connectivity index (χ0) is 14.2. The minimum atomic E-state index is -1.09. The summed E-state index contributed by atoms with van der Waals surface area (Å²) in [5.41, 5.74) is -0.471. The van der Waals surface area contributed by atoms with Crippen LogP contribution in [0.25, 0.3) is 11.5 Å². The zero-order valence-electron chi connectivity index (χ0n) is 8.63. The molecular weight excluding hydrogens is 268 g/mol. The standard InChI is InChI=1S/C5H2N8O6/c14-11(15)3-1(8-10-9-3)2-6-4(12(16)17)5(7-2)13(18)19/h(H,6,7)(H,8,9,10). The molecule has 14 heteroatoms. The van der Waals surface area contributed by atoms with E-state index in [0.29, 0.717) is 0 Å². The summed E-state index contributed by atoms with van der Waals surface area (Å²) >= 11 is 0. The highest BCUT2D eigenvalue weighted by Crippen LogP contribution is 2.30. The van der Waals surface area contributed by atoms with Crippen LogP contribution in [0.3, 0.4) is 0 Å². The molecule has 14 nitrogen and oxygen atoms in total. The van der Waals surface area contributed by atoms with Gasteiger partial charge in [0.1, 0.15) is 0 Å². The Bertz CT molecular complexity index is 654. The molecule has 0 amide bonds. The van der Waals surface area contributed by atoms with Gasteiger partial charge in [-0.05, 0) is 14.8 Å². The van der Waals surface area contributed by atoms with Crippen molar-refractivity contribution >= 4 is 17.5 Å². The van der Waals surface area contributed by atoms with Crippen LogP contribution in [0.5, 0.6) is 0 Å². The van der Waals surface area contributed by atoms with Gasteiger partial charge in [-0.2, -0.15) is 4.98 Å². The van der Waals surface area contributed by atoms with Crippen LogP contribution in [-0.4, -0.2) is 40.1 Å². The third kappa shape index (κ3) is 1.92. The molecule has 0 aliphatic heterocycles. The molecule has 2 aromatic rings. The average Bonchev–Trinajstić information content (AvgIpc) is 2.95. The quantitative estimate of drug-likeness (QED) is 0.562. The van der Waals surface area contributed by atoms with Crippen molar-refractivity contribution in [3.63, 3.8) is 0 Å². The van der Waals surface area contributed by atoms with Crippen molar-refractivity contribution in [3.8, 4) is 11.5 Å². The lowest BCUT2D eigenvalue weighted by molar-refractivity contribution is -0.427. The Labute approximate surface area is 100 Å². The SMILES string of the molecule is O=[N+]([O-])c1n[nH]nc1-c1nc([N+](=O)[O-])c([N+](=O)[O-])[nH]1. The van der Waals surface area contributed by atoms with Gasteiger partial charge >= 0.3 is 23.3 Å². The molecule has 0 bridgehead atoms. The largest absolute Gasteiger partial charge is 0.462 e. The molecule has 0 spiro atoms. The molecule has 2 aromatic heterocycles. The highest BCUT2D eigenvalue weighted by molar-refractivity contribution is 5.63. The predicted molar refractivity (Wildman–Crippen MR) is 53.9 cm³/mol. The number of nitro groups is 3. The van der Waals surface area contributed by atoms with Gasteiger partial charge in [-0.1, -0.05) is 0 Å². The number of aromatic nitrogens is 5. The number of imidazole rings is 1. The van der Waals surface area contributed by atoms with Crippen molar-refractivity contribution < 1.29 is 14.8 Å². The fourth-order valence-corrected chi connectivity index (χ4v) is 1.23. The van der Waals surface area contributed by atoms with Crippen molar-refractivity contribution in [2.24, 2.45) is 0 Å². The molecule has 0 saturated carbocycles. The van der Waals surface area contributed by atoms with Gasteiger partial charge in [-0.25, -0.2) is 0 Å². The smallest absolute Gasteiger partial charge is 0.358 e. The molecular formula is C5H2N8O6. The van der Waals surface area contributed by atoms with Crippen LogP contribution < -0.4 is 0 Å². The maximum absolute atomic E-state index is 10.6. The lowest BCUT2D eigenvalue weighted by atomic mass is 10.4. The van der Waals surface area contributed by atoms with E-state index < -0.39 is 43.7 Å². The molecule has 2 heterocycles. The lowest BCUT2D eigenvalue weighted by Crippen LogP contribution is -1.94. The molecule has 2 N–H and O–H groups in total. The molecule has 0 unspecified atom stereocenters. The van der Waals surface area contributed by atoms with Gasteiger partial charge in [0.05, 0.1) is 5.10 Å². The first-order valence-corrected chi connectivity index (χ1v) is 4.36. The summed E-state index contributed by atoms with van der Waals surface area (Å²) in [4.78, 5) is 33.9. The zero-order valence-corrected chi connectivity index (χ0v) is 8.63. The minimum absolute atomic E-state index is 0.471. The molecule has 0 fully saturated rings. The van der Waals surface area contributed by atoms with Gasteiger partial charge in [0.15, 0.2) is 0 Å². The Morgan fingerprint density at radius 2 is 1.53 bits per heavy atom. The van der Waals surface area contributed by atoms with E-state index in [1.165, 1.54) is 0 Å². The minimum Gasteiger partial charge on any atom is -0.358 e. The molecule has 0 radical (unpaired) electrons. The fraction of sp³-hybridized carbons (Fsp3) is 0. The van der Waals surface area contributed by atoms with E-state index in [2.05, 4.69) is 15.2 Å². The van der Waals surface area contributed by atoms with Gasteiger partial charge in [0.25, 0.3) is 5.69 Å². The van der Waals surface area contributed by atoms with Crippen LogP contribution in [-0.2, 0) is 0 Å². The van der Waals surface area contributed by atoms with E-state index in [1.807, 2.05) is 10.2 Å². The fourth-order valence-electron chi connectivity index (χ4n) is 1.23. The second-order valence-electron chi connectivity index (χ2n) is 3.02. The summed E-state index contributed by atoms with van der Waals surface area (Å²) in [6.45, 7) is 0. The number of rotatable bonds is 4. The van der Waals surface area contributed by atoms with Crippen LogP contribution in [0, 0.1) is 30.3 Å². The summed E-state index contributed by atoms with van der Waals surface area (Å²) in [7, 11) is 0. The Balaban J connectivity index is 2.61. The predicted octanol–water partition coefficient (Wildman–Crippen LogP) is -0.0806. The molecule has 0 aliphatic rings. The second kappa shape index (κ2) is 4.09. The van der Waals surface area contributed by atoms with Crippen molar-refractivity contribution in [1.29, 1.82) is 0 Å². The van der Waals surface area contributed by atoms with Crippen LogP contribution in [0.4, 0.5) is 17.5 Å². The van der Waals surface area contributed by atoms with E-state index in [-0.39, 0.29) is 0 Å². The lowest BCUT2D eigenvalue weighted by Gasteiger charge is -1.88. The van der Waals surface area contributed by atoms with E-state index >= 15 is 0 Å². The molecule has 19 heavy (non-hydrogen) atoms. The number of nitrogens with zero attached hydrogens (tertiary/aromatic N) is 6. The second-order valence-corrected chi connectivity index (χ2v) is 3.02. The first-order valence-electron chi connectivity index (χ1n) is 4.36. The highest BCUT2D eigenvalue weighted by Gasteiger charge is 2.37. The normalized spacial score (nSPS) is 10.3. The summed E-state index contributed by atoms with van der Waals surface area (Å²) in [5.74, 6) is -3.34. The van der Waals surface area contributed by atoms with Crippen LogP contribution in [0.2, 0.25) is 0 Å². The summed E-state index contributed by atoms with van der Waals surface area (Å²) in [6.07, 6.45) is 0. The van der Waals surface area contributed by atoms with E-state index in [9.17, 15) is 30.3 Å². The van der Waals surface area contributed by atoms with E-state index in [1.54, 1.807) is 0 Å². The molecule has 0 aliphatic carbocycles. The molecule has 0 aromatic carbocycles. The Morgan fingerprint density at radius 3 is 2.00 bits per heavy atom. The third-order valence-corrected chi connectivity index (χ3v) is 1.95. The summed E-state index contributed by atoms with van der Waals surface area (Å²) < 4.78 is 0. The van der Waals surface area contributed by atoms with Gasteiger partial charge in [-0.15, -0.1) is 10.3 Å². The average molecular weight is 270 g/mol. The van der Waals surface area contributed by atoms with Gasteiger partial charge in [0.2, 0.25) is 0 Å². The number of H-pyrrole nitrogens is 2. The number of hydrogen-bond donors (Lipinski definition) is 2. The van der Waals surface area contributed by atoms with E-state index in [0.717, 1.165) is 0 Å². The molecule has 98 valence electrons. The monoisotopic (exact) mass is 270 g/mol. The maximum Gasteiger partial charge on any atom is 0.462 e. The molecule has 0 atom stereocenters. The third-order valence-electron chi connectivity index (χ3n) is 1.95. The van der Waals surface area contributed by atoms with E-state index in [4.69, 9.17) is 0 Å². The van der Waals surface area contributed by atoms with Crippen LogP contribution in [0.15, 0.2) is 0 Å². The van der Waals surface area contributed by atoms with Crippen molar-refractivity contribution in [2.45, 2.75) is 0 Å². The van der Waals surface area contributed by atoms with Crippen LogP contribution >= 0.6 is 0 Å². The summed E-state index contributed by atoms with van der Waals surface area (Å²) in [6, 6.07) is 0. The molecule has 0 saturated heterocycles. The summed E-state index contributed by atoms with van der Waals surface area (Å²) in [5, 5.41) is 40.2.